The van der Waals surface area contributed by atoms with Gasteiger partial charge in [-0.05, 0) is 5.92 Å². The third-order valence-corrected chi connectivity index (χ3v) is 3.41. The van der Waals surface area contributed by atoms with Crippen LogP contribution in [0.1, 0.15) is 26.7 Å². The van der Waals surface area contributed by atoms with Crippen LogP contribution in [0, 0.1) is 5.92 Å². The van der Waals surface area contributed by atoms with E-state index in [1.54, 1.807) is 0 Å². The molecule has 4 N–H and O–H groups in total. The average Bonchev–Trinajstić information content (AvgIpc) is 2.64. The molecular weight excluding hydrogens is 266 g/mol. The Labute approximate surface area is 116 Å². The van der Waals surface area contributed by atoms with Gasteiger partial charge in [-0.3, -0.25) is 24.1 Å². The second kappa shape index (κ2) is 6.47. The van der Waals surface area contributed by atoms with E-state index in [4.69, 9.17) is 10.8 Å². The number of nitrogens with zero attached hydrogens (tertiary/aromatic N) is 1. The largest absolute Gasteiger partial charge is 0.480 e. The molecule has 0 saturated carbocycles. The molecule has 1 heterocycles. The van der Waals surface area contributed by atoms with Crippen LogP contribution in [-0.4, -0.2) is 52.3 Å². The first-order valence-electron chi connectivity index (χ1n) is 6.39. The monoisotopic (exact) mass is 285 g/mol. The van der Waals surface area contributed by atoms with E-state index in [1.807, 2.05) is 13.8 Å². The molecule has 112 valence electrons. The number of carboxylic acids is 1. The lowest BCUT2D eigenvalue weighted by Gasteiger charge is -2.20. The Morgan fingerprint density at radius 1 is 1.50 bits per heavy atom. The molecular formula is C12H19N3O5. The van der Waals surface area contributed by atoms with Crippen molar-refractivity contribution in [3.63, 3.8) is 0 Å². The van der Waals surface area contributed by atoms with Crippen molar-refractivity contribution in [3.05, 3.63) is 0 Å². The lowest BCUT2D eigenvalue weighted by Crippen LogP contribution is -2.50. The van der Waals surface area contributed by atoms with Crippen molar-refractivity contribution in [1.29, 1.82) is 0 Å². The van der Waals surface area contributed by atoms with E-state index in [9.17, 15) is 19.2 Å². The van der Waals surface area contributed by atoms with Crippen LogP contribution in [0.5, 0.6) is 0 Å². The van der Waals surface area contributed by atoms with Crippen LogP contribution in [0.4, 0.5) is 0 Å². The van der Waals surface area contributed by atoms with Crippen LogP contribution in [0.25, 0.3) is 0 Å². The highest BCUT2D eigenvalue weighted by atomic mass is 16.4. The van der Waals surface area contributed by atoms with E-state index in [2.05, 4.69) is 5.32 Å². The summed E-state index contributed by atoms with van der Waals surface area (Å²) >= 11 is 0. The number of nitrogens with one attached hydrogen (secondary N) is 1. The summed E-state index contributed by atoms with van der Waals surface area (Å²) in [4.78, 5) is 46.4. The molecule has 20 heavy (non-hydrogen) atoms. The van der Waals surface area contributed by atoms with Gasteiger partial charge in [0.2, 0.25) is 11.8 Å². The minimum Gasteiger partial charge on any atom is -0.480 e. The summed E-state index contributed by atoms with van der Waals surface area (Å²) in [7, 11) is 0. The SMILES string of the molecule is CC[C@@H](C)[C@H](N)C(=O)N[C@H]1CC(=O)N(CC(=O)O)C1=O. The first kappa shape index (κ1) is 16.1. The number of carboxylic acid groups (broad SMARTS) is 1. The van der Waals surface area contributed by atoms with E-state index >= 15 is 0 Å². The zero-order valence-corrected chi connectivity index (χ0v) is 11.5. The van der Waals surface area contributed by atoms with Gasteiger partial charge in [-0.2, -0.15) is 0 Å². The maximum atomic E-state index is 11.8. The number of carbonyl (C=O) groups is 4. The van der Waals surface area contributed by atoms with Crippen LogP contribution in [0.3, 0.4) is 0 Å². The summed E-state index contributed by atoms with van der Waals surface area (Å²) in [6.07, 6.45) is 0.475. The van der Waals surface area contributed by atoms with E-state index in [0.717, 1.165) is 0 Å². The van der Waals surface area contributed by atoms with Crippen LogP contribution in [0.2, 0.25) is 0 Å². The fourth-order valence-corrected chi connectivity index (χ4v) is 1.88. The third-order valence-electron chi connectivity index (χ3n) is 3.41. The van der Waals surface area contributed by atoms with Crippen LogP contribution in [-0.2, 0) is 19.2 Å². The number of hydrogen-bond acceptors (Lipinski definition) is 5. The normalized spacial score (nSPS) is 21.8. The lowest BCUT2D eigenvalue weighted by atomic mass is 9.99. The highest BCUT2D eigenvalue weighted by Gasteiger charge is 2.41. The van der Waals surface area contributed by atoms with Crippen molar-refractivity contribution in [2.24, 2.45) is 11.7 Å². The average molecular weight is 285 g/mol. The summed E-state index contributed by atoms with van der Waals surface area (Å²) in [6, 6.07) is -1.79. The smallest absolute Gasteiger partial charge is 0.323 e. The van der Waals surface area contributed by atoms with E-state index in [-0.39, 0.29) is 12.3 Å². The number of nitrogens with two attached hydrogens (primary N) is 1. The molecule has 0 aromatic carbocycles. The Kier molecular flexibility index (Phi) is 5.20. The molecule has 1 aliphatic heterocycles. The van der Waals surface area contributed by atoms with Gasteiger partial charge in [0, 0.05) is 0 Å². The second-order valence-corrected chi connectivity index (χ2v) is 4.89. The Morgan fingerprint density at radius 3 is 2.60 bits per heavy atom. The highest BCUT2D eigenvalue weighted by molar-refractivity contribution is 6.08. The fourth-order valence-electron chi connectivity index (χ4n) is 1.88. The summed E-state index contributed by atoms with van der Waals surface area (Å²) in [5, 5.41) is 11.0. The van der Waals surface area contributed by atoms with Gasteiger partial charge in [-0.15, -0.1) is 0 Å². The quantitative estimate of drug-likeness (QED) is 0.519. The first-order chi connectivity index (χ1) is 9.27. The number of carbonyl (C=O) groups excluding carboxylic acids is 3. The maximum Gasteiger partial charge on any atom is 0.323 e. The van der Waals surface area contributed by atoms with Gasteiger partial charge in [0.15, 0.2) is 0 Å². The van der Waals surface area contributed by atoms with Gasteiger partial charge in [-0.25, -0.2) is 0 Å². The molecule has 0 radical (unpaired) electrons. The summed E-state index contributed by atoms with van der Waals surface area (Å²) < 4.78 is 0. The van der Waals surface area contributed by atoms with Gasteiger partial charge in [0.1, 0.15) is 12.6 Å². The van der Waals surface area contributed by atoms with Crippen LogP contribution in [0.15, 0.2) is 0 Å². The number of rotatable bonds is 6. The van der Waals surface area contributed by atoms with Gasteiger partial charge in [-0.1, -0.05) is 20.3 Å². The molecule has 1 aliphatic rings. The Bertz CT molecular complexity index is 437. The number of aliphatic carboxylic acids is 1. The molecule has 1 rings (SSSR count). The molecule has 0 bridgehead atoms. The van der Waals surface area contributed by atoms with Gasteiger partial charge in [0.25, 0.3) is 5.91 Å². The molecule has 0 aromatic rings. The second-order valence-electron chi connectivity index (χ2n) is 4.89. The molecule has 8 nitrogen and oxygen atoms in total. The molecule has 3 amide bonds. The predicted octanol–water partition coefficient (Wildman–Crippen LogP) is -1.31. The summed E-state index contributed by atoms with van der Waals surface area (Å²) in [6.45, 7) is 3.00. The van der Waals surface area contributed by atoms with Crippen molar-refractivity contribution < 1.29 is 24.3 Å². The predicted molar refractivity (Wildman–Crippen MR) is 68.3 cm³/mol. The first-order valence-corrected chi connectivity index (χ1v) is 6.39. The van der Waals surface area contributed by atoms with Crippen LogP contribution >= 0.6 is 0 Å². The number of hydrogen-bond donors (Lipinski definition) is 3. The minimum absolute atomic E-state index is 0.0580. The zero-order chi connectivity index (χ0) is 15.4. The van der Waals surface area contributed by atoms with Crippen LogP contribution < -0.4 is 11.1 Å². The molecule has 3 atom stereocenters. The zero-order valence-electron chi connectivity index (χ0n) is 11.5. The number of amides is 3. The minimum atomic E-state index is -1.28. The Morgan fingerprint density at radius 2 is 2.10 bits per heavy atom. The Hall–Kier alpha value is -1.96. The van der Waals surface area contributed by atoms with Crippen molar-refractivity contribution in [1.82, 2.24) is 10.2 Å². The Balaban J connectivity index is 2.66. The van der Waals surface area contributed by atoms with Gasteiger partial charge >= 0.3 is 5.97 Å². The third kappa shape index (κ3) is 3.53. The molecule has 0 spiro atoms. The van der Waals surface area contributed by atoms with Crippen molar-refractivity contribution in [2.45, 2.75) is 38.8 Å². The summed E-state index contributed by atoms with van der Waals surface area (Å²) in [5.74, 6) is -3.17. The molecule has 0 aliphatic carbocycles. The van der Waals surface area contributed by atoms with Gasteiger partial charge < -0.3 is 16.2 Å². The fraction of sp³-hybridized carbons (Fsp3) is 0.667. The maximum absolute atomic E-state index is 11.8. The standard InChI is InChI=1S/C12H19N3O5/c1-3-6(2)10(13)11(19)14-7-4-8(16)15(12(7)20)5-9(17)18/h6-7,10H,3-5,13H2,1-2H3,(H,14,19)(H,17,18)/t6-,7+,10+/m1/s1. The lowest BCUT2D eigenvalue weighted by molar-refractivity contribution is -0.148. The molecule has 1 saturated heterocycles. The van der Waals surface area contributed by atoms with E-state index in [1.165, 1.54) is 0 Å². The molecule has 0 aromatic heterocycles. The molecule has 1 fully saturated rings. The van der Waals surface area contributed by atoms with Crippen molar-refractivity contribution >= 4 is 23.7 Å². The van der Waals surface area contributed by atoms with Gasteiger partial charge in [0.05, 0.1) is 12.5 Å². The van der Waals surface area contributed by atoms with E-state index in [0.29, 0.717) is 11.3 Å². The molecule has 8 heteroatoms. The number of likely N-dealkylation sites (tertiary alicyclic amines) is 1. The topological polar surface area (TPSA) is 130 Å². The highest BCUT2D eigenvalue weighted by Crippen LogP contribution is 2.14. The van der Waals surface area contributed by atoms with Crippen molar-refractivity contribution in [2.75, 3.05) is 6.54 Å². The molecule has 0 unspecified atom stereocenters. The number of imide groups is 1. The summed E-state index contributed by atoms with van der Waals surface area (Å²) in [5.41, 5.74) is 5.73. The van der Waals surface area contributed by atoms with E-state index < -0.39 is 42.3 Å². The van der Waals surface area contributed by atoms with Crippen molar-refractivity contribution in [3.8, 4) is 0 Å².